The van der Waals surface area contributed by atoms with E-state index in [1.54, 1.807) is 0 Å². The molecule has 4 rings (SSSR count). The van der Waals surface area contributed by atoms with Crippen LogP contribution in [0.15, 0.2) is 54.7 Å². The highest BCUT2D eigenvalue weighted by Crippen LogP contribution is 2.37. The molecule has 4 aromatic rings. The fraction of sp³-hybridized carbons (Fsp3) is 0.136. The molecule has 0 aliphatic carbocycles. The molecule has 0 saturated heterocycles. The molecular formula is C22H19ClN4O2S2. The summed E-state index contributed by atoms with van der Waals surface area (Å²) >= 11 is 13.0. The van der Waals surface area contributed by atoms with Gasteiger partial charge < -0.3 is 15.4 Å². The molecule has 0 saturated carbocycles. The highest BCUT2D eigenvalue weighted by Gasteiger charge is 2.18. The standard InChI is InChI=1S/C22H19ClN4O2S2/c1-13-5-3-4-6-14(13)12-27-10-9-18(26-27)25-22(30)24-15-7-8-16-17(11-15)31-20(19(16)23)21(28)29-2/h3-11H,12H2,1-2H3,(H2,24,25,26,30). The Morgan fingerprint density at radius 3 is 2.81 bits per heavy atom. The van der Waals surface area contributed by atoms with E-state index in [0.717, 1.165) is 15.8 Å². The molecule has 2 N–H and O–H groups in total. The van der Waals surface area contributed by atoms with Crippen molar-refractivity contribution < 1.29 is 9.53 Å². The zero-order valence-electron chi connectivity index (χ0n) is 16.8. The normalized spacial score (nSPS) is 10.8. The maximum absolute atomic E-state index is 11.9. The van der Waals surface area contributed by atoms with E-state index in [-0.39, 0.29) is 0 Å². The molecule has 0 atom stereocenters. The number of benzene rings is 2. The quantitative estimate of drug-likeness (QED) is 0.288. The molecule has 0 fully saturated rings. The maximum atomic E-state index is 11.9. The van der Waals surface area contributed by atoms with Crippen LogP contribution in [0, 0.1) is 6.92 Å². The summed E-state index contributed by atoms with van der Waals surface area (Å²) in [6.45, 7) is 2.77. The number of aryl methyl sites for hydroxylation is 1. The molecule has 0 aliphatic rings. The number of hydrogen-bond acceptors (Lipinski definition) is 5. The third-order valence-corrected chi connectivity index (χ3v) is 6.58. The Morgan fingerprint density at radius 1 is 1.23 bits per heavy atom. The van der Waals surface area contributed by atoms with E-state index in [1.807, 2.05) is 47.3 Å². The van der Waals surface area contributed by atoms with Crippen molar-refractivity contribution in [1.82, 2.24) is 9.78 Å². The van der Waals surface area contributed by atoms with Gasteiger partial charge in [0.25, 0.3) is 0 Å². The Bertz CT molecular complexity index is 1280. The van der Waals surface area contributed by atoms with E-state index in [1.165, 1.54) is 29.6 Å². The monoisotopic (exact) mass is 470 g/mol. The van der Waals surface area contributed by atoms with Gasteiger partial charge in [0.1, 0.15) is 4.88 Å². The largest absolute Gasteiger partial charge is 0.465 e. The highest BCUT2D eigenvalue weighted by atomic mass is 35.5. The van der Waals surface area contributed by atoms with Gasteiger partial charge in [-0.15, -0.1) is 11.3 Å². The van der Waals surface area contributed by atoms with Crippen molar-refractivity contribution in [1.29, 1.82) is 0 Å². The molecule has 9 heteroatoms. The predicted molar refractivity (Wildman–Crippen MR) is 131 cm³/mol. The van der Waals surface area contributed by atoms with Crippen molar-refractivity contribution >= 4 is 67.8 Å². The third kappa shape index (κ3) is 4.71. The molecule has 0 spiro atoms. The Hall–Kier alpha value is -2.94. The number of anilines is 2. The van der Waals surface area contributed by atoms with Crippen molar-refractivity contribution in [3.05, 3.63) is 75.8 Å². The van der Waals surface area contributed by atoms with Crippen molar-refractivity contribution in [2.24, 2.45) is 0 Å². The zero-order valence-corrected chi connectivity index (χ0v) is 19.2. The zero-order chi connectivity index (χ0) is 22.0. The first-order chi connectivity index (χ1) is 14.9. The molecule has 31 heavy (non-hydrogen) atoms. The smallest absolute Gasteiger partial charge is 0.349 e. The predicted octanol–water partition coefficient (Wildman–Crippen LogP) is 5.70. The second kappa shape index (κ2) is 9.05. The summed E-state index contributed by atoms with van der Waals surface area (Å²) in [7, 11) is 1.34. The summed E-state index contributed by atoms with van der Waals surface area (Å²) in [5, 5.41) is 12.4. The van der Waals surface area contributed by atoms with E-state index < -0.39 is 5.97 Å². The lowest BCUT2D eigenvalue weighted by molar-refractivity contribution is 0.0606. The van der Waals surface area contributed by atoms with Crippen molar-refractivity contribution in [2.45, 2.75) is 13.5 Å². The number of nitrogens with one attached hydrogen (secondary N) is 2. The lowest BCUT2D eigenvalue weighted by Gasteiger charge is -2.09. The van der Waals surface area contributed by atoms with Crippen LogP contribution in [0.25, 0.3) is 10.1 Å². The molecule has 0 radical (unpaired) electrons. The summed E-state index contributed by atoms with van der Waals surface area (Å²) in [6.07, 6.45) is 1.91. The molecule has 2 aromatic carbocycles. The number of methoxy groups -OCH3 is 1. The minimum atomic E-state index is -0.445. The van der Waals surface area contributed by atoms with Gasteiger partial charge in [0.15, 0.2) is 10.9 Å². The highest BCUT2D eigenvalue weighted by molar-refractivity contribution is 7.80. The van der Waals surface area contributed by atoms with Gasteiger partial charge in [-0.1, -0.05) is 35.9 Å². The fourth-order valence-corrected chi connectivity index (χ4v) is 4.81. The number of hydrogen-bond donors (Lipinski definition) is 2. The van der Waals surface area contributed by atoms with Crippen LogP contribution in [0.5, 0.6) is 0 Å². The number of carbonyl (C=O) groups is 1. The van der Waals surface area contributed by atoms with Crippen LogP contribution in [-0.4, -0.2) is 28.0 Å². The Kier molecular flexibility index (Phi) is 6.22. The van der Waals surface area contributed by atoms with Gasteiger partial charge in [0.2, 0.25) is 0 Å². The number of ether oxygens (including phenoxy) is 1. The van der Waals surface area contributed by atoms with Crippen LogP contribution in [0.3, 0.4) is 0 Å². The SMILES string of the molecule is COC(=O)c1sc2cc(NC(=S)Nc3ccn(Cc4ccccc4C)n3)ccc2c1Cl. The number of halogens is 1. The van der Waals surface area contributed by atoms with Crippen molar-refractivity contribution in [3.63, 3.8) is 0 Å². The first kappa shape index (κ1) is 21.3. The van der Waals surface area contributed by atoms with E-state index in [4.69, 9.17) is 28.6 Å². The number of carbonyl (C=O) groups excluding carboxylic acids is 1. The number of thiocarbonyl (C=S) groups is 1. The topological polar surface area (TPSA) is 68.2 Å². The van der Waals surface area contributed by atoms with Gasteiger partial charge in [-0.25, -0.2) is 4.79 Å². The van der Waals surface area contributed by atoms with Gasteiger partial charge in [-0.05, 0) is 48.5 Å². The summed E-state index contributed by atoms with van der Waals surface area (Å²) in [5.41, 5.74) is 3.22. The van der Waals surface area contributed by atoms with Crippen LogP contribution < -0.4 is 10.6 Å². The minimum Gasteiger partial charge on any atom is -0.465 e. The average Bonchev–Trinajstić information content (AvgIpc) is 3.32. The summed E-state index contributed by atoms with van der Waals surface area (Å²) in [4.78, 5) is 12.2. The maximum Gasteiger partial charge on any atom is 0.349 e. The van der Waals surface area contributed by atoms with Crippen molar-refractivity contribution in [3.8, 4) is 0 Å². The number of esters is 1. The number of nitrogens with zero attached hydrogens (tertiary/aromatic N) is 2. The Labute approximate surface area is 193 Å². The number of fused-ring (bicyclic) bond motifs is 1. The van der Waals surface area contributed by atoms with Gasteiger partial charge in [0.05, 0.1) is 18.7 Å². The van der Waals surface area contributed by atoms with Crippen LogP contribution in [0.4, 0.5) is 11.5 Å². The molecule has 0 amide bonds. The molecule has 0 aliphatic heterocycles. The second-order valence-electron chi connectivity index (χ2n) is 6.85. The first-order valence-corrected chi connectivity index (χ1v) is 11.0. The Balaban J connectivity index is 1.43. The van der Waals surface area contributed by atoms with Gasteiger partial charge >= 0.3 is 5.97 Å². The van der Waals surface area contributed by atoms with E-state index in [2.05, 4.69) is 34.8 Å². The van der Waals surface area contributed by atoms with Crippen LogP contribution in [0.2, 0.25) is 5.02 Å². The minimum absolute atomic E-state index is 0.385. The summed E-state index contributed by atoms with van der Waals surface area (Å²) < 4.78 is 7.51. The molecule has 2 aromatic heterocycles. The molecule has 2 heterocycles. The van der Waals surface area contributed by atoms with E-state index >= 15 is 0 Å². The van der Waals surface area contributed by atoms with Gasteiger partial charge in [-0.3, -0.25) is 4.68 Å². The molecule has 6 nitrogen and oxygen atoms in total. The fourth-order valence-electron chi connectivity index (χ4n) is 3.12. The van der Waals surface area contributed by atoms with Crippen LogP contribution in [-0.2, 0) is 11.3 Å². The lowest BCUT2D eigenvalue weighted by Crippen LogP contribution is -2.19. The summed E-state index contributed by atoms with van der Waals surface area (Å²) in [6, 6.07) is 15.7. The second-order valence-corrected chi connectivity index (χ2v) is 8.69. The molecule has 0 bridgehead atoms. The van der Waals surface area contributed by atoms with Crippen LogP contribution >= 0.6 is 35.2 Å². The van der Waals surface area contributed by atoms with E-state index in [0.29, 0.717) is 27.4 Å². The molecule has 158 valence electrons. The van der Waals surface area contributed by atoms with Crippen molar-refractivity contribution in [2.75, 3.05) is 17.7 Å². The number of aromatic nitrogens is 2. The molecule has 0 unspecified atom stereocenters. The van der Waals surface area contributed by atoms with Gasteiger partial charge in [-0.2, -0.15) is 5.10 Å². The van der Waals surface area contributed by atoms with Crippen LogP contribution in [0.1, 0.15) is 20.8 Å². The average molecular weight is 471 g/mol. The number of rotatable bonds is 5. The first-order valence-electron chi connectivity index (χ1n) is 9.41. The Morgan fingerprint density at radius 2 is 2.03 bits per heavy atom. The number of thiophene rings is 1. The third-order valence-electron chi connectivity index (χ3n) is 4.73. The summed E-state index contributed by atoms with van der Waals surface area (Å²) in [5.74, 6) is 0.207. The molecular weight excluding hydrogens is 452 g/mol. The van der Waals surface area contributed by atoms with E-state index in [9.17, 15) is 4.79 Å². The van der Waals surface area contributed by atoms with Gasteiger partial charge in [0, 0.05) is 28.0 Å². The lowest BCUT2D eigenvalue weighted by atomic mass is 10.1.